The van der Waals surface area contributed by atoms with E-state index in [9.17, 15) is 18.0 Å². The number of hydrogen-bond acceptors (Lipinski definition) is 7. The fourth-order valence-corrected chi connectivity index (χ4v) is 3.92. The van der Waals surface area contributed by atoms with Crippen LogP contribution in [0.25, 0.3) is 0 Å². The first-order valence-corrected chi connectivity index (χ1v) is 10.5. The Morgan fingerprint density at radius 1 is 1.15 bits per heavy atom. The standard InChI is InChI=1S/C17H31NO7S/c1-6-7-8-9-10-26(21,22)25-13-11-14(15(19)23-5)18(12-13)16(20)24-17(2,3)4/h13-14H,6-12H2,1-5H3/t13-,14+/m1/s1. The highest BCUT2D eigenvalue weighted by molar-refractivity contribution is 7.86. The maximum Gasteiger partial charge on any atom is 0.411 e. The molecule has 0 aliphatic carbocycles. The fourth-order valence-electron chi connectivity index (χ4n) is 2.71. The van der Waals surface area contributed by atoms with Crippen molar-refractivity contribution in [3.05, 3.63) is 0 Å². The summed E-state index contributed by atoms with van der Waals surface area (Å²) in [5.74, 6) is -0.693. The van der Waals surface area contributed by atoms with Crippen LogP contribution in [0.5, 0.6) is 0 Å². The zero-order valence-electron chi connectivity index (χ0n) is 16.3. The molecule has 1 amide bonds. The Labute approximate surface area is 156 Å². The smallest absolute Gasteiger partial charge is 0.411 e. The van der Waals surface area contributed by atoms with Crippen molar-refractivity contribution in [2.75, 3.05) is 19.4 Å². The number of carbonyl (C=O) groups is 2. The van der Waals surface area contributed by atoms with Crippen LogP contribution in [-0.4, -0.2) is 62.5 Å². The summed E-state index contributed by atoms with van der Waals surface area (Å²) in [5.41, 5.74) is -0.734. The summed E-state index contributed by atoms with van der Waals surface area (Å²) in [6.45, 7) is 7.14. The Hall–Kier alpha value is -1.35. The third-order valence-corrected chi connectivity index (χ3v) is 5.25. The van der Waals surface area contributed by atoms with Gasteiger partial charge in [0.25, 0.3) is 10.1 Å². The molecular formula is C17H31NO7S. The van der Waals surface area contributed by atoms with Crippen LogP contribution in [0, 0.1) is 0 Å². The number of hydrogen-bond donors (Lipinski definition) is 0. The number of rotatable bonds is 8. The molecule has 8 nitrogen and oxygen atoms in total. The molecule has 26 heavy (non-hydrogen) atoms. The molecule has 1 rings (SSSR count). The summed E-state index contributed by atoms with van der Waals surface area (Å²) in [7, 11) is -2.50. The summed E-state index contributed by atoms with van der Waals surface area (Å²) >= 11 is 0. The van der Waals surface area contributed by atoms with Crippen LogP contribution in [0.3, 0.4) is 0 Å². The molecule has 0 bridgehead atoms. The van der Waals surface area contributed by atoms with Crippen LogP contribution in [0.2, 0.25) is 0 Å². The van der Waals surface area contributed by atoms with E-state index in [1.54, 1.807) is 20.8 Å². The van der Waals surface area contributed by atoms with Gasteiger partial charge in [-0.1, -0.05) is 26.2 Å². The van der Waals surface area contributed by atoms with Crippen LogP contribution >= 0.6 is 0 Å². The predicted octanol–water partition coefficient (Wildman–Crippen LogP) is 2.46. The van der Waals surface area contributed by atoms with E-state index in [0.717, 1.165) is 19.3 Å². The lowest BCUT2D eigenvalue weighted by atomic mass is 10.2. The minimum Gasteiger partial charge on any atom is -0.467 e. The number of methoxy groups -OCH3 is 1. The normalized spacial score (nSPS) is 20.9. The second-order valence-corrected chi connectivity index (χ2v) is 9.16. The summed E-state index contributed by atoms with van der Waals surface area (Å²) in [4.78, 5) is 25.5. The lowest BCUT2D eigenvalue weighted by Gasteiger charge is -2.27. The molecule has 152 valence electrons. The summed E-state index contributed by atoms with van der Waals surface area (Å²) < 4.78 is 39.5. The highest BCUT2D eigenvalue weighted by Crippen LogP contribution is 2.25. The van der Waals surface area contributed by atoms with Crippen molar-refractivity contribution in [3.63, 3.8) is 0 Å². The number of carbonyl (C=O) groups excluding carboxylic acids is 2. The monoisotopic (exact) mass is 393 g/mol. The Bertz CT molecular complexity index is 582. The number of amides is 1. The van der Waals surface area contributed by atoms with E-state index in [1.165, 1.54) is 12.0 Å². The Morgan fingerprint density at radius 3 is 2.35 bits per heavy atom. The third kappa shape index (κ3) is 7.49. The van der Waals surface area contributed by atoms with E-state index >= 15 is 0 Å². The first-order valence-electron chi connectivity index (χ1n) is 8.97. The molecule has 0 unspecified atom stereocenters. The molecule has 0 saturated carbocycles. The van der Waals surface area contributed by atoms with Crippen molar-refractivity contribution in [1.29, 1.82) is 0 Å². The molecule has 9 heteroatoms. The highest BCUT2D eigenvalue weighted by Gasteiger charge is 2.44. The molecule has 0 spiro atoms. The van der Waals surface area contributed by atoms with Gasteiger partial charge in [-0.05, 0) is 27.2 Å². The van der Waals surface area contributed by atoms with E-state index in [2.05, 4.69) is 0 Å². The van der Waals surface area contributed by atoms with E-state index in [1.807, 2.05) is 6.92 Å². The van der Waals surface area contributed by atoms with Gasteiger partial charge in [0.2, 0.25) is 0 Å². The highest BCUT2D eigenvalue weighted by atomic mass is 32.2. The molecule has 1 heterocycles. The molecule has 1 aliphatic rings. The van der Waals surface area contributed by atoms with Gasteiger partial charge in [-0.2, -0.15) is 8.42 Å². The quantitative estimate of drug-likeness (QED) is 0.355. The largest absolute Gasteiger partial charge is 0.467 e. The van der Waals surface area contributed by atoms with Gasteiger partial charge in [-0.15, -0.1) is 0 Å². The van der Waals surface area contributed by atoms with Crippen molar-refractivity contribution in [1.82, 2.24) is 4.90 Å². The molecule has 1 fully saturated rings. The summed E-state index contributed by atoms with van der Waals surface area (Å²) in [6.07, 6.45) is 1.89. The maximum atomic E-state index is 12.3. The average molecular weight is 394 g/mol. The summed E-state index contributed by atoms with van der Waals surface area (Å²) in [5, 5.41) is 0. The molecule has 1 saturated heterocycles. The van der Waals surface area contributed by atoms with Gasteiger partial charge in [0.1, 0.15) is 11.6 Å². The second-order valence-electron chi connectivity index (χ2n) is 7.45. The zero-order valence-corrected chi connectivity index (χ0v) is 17.1. The molecule has 2 atom stereocenters. The van der Waals surface area contributed by atoms with Gasteiger partial charge in [0.15, 0.2) is 0 Å². The predicted molar refractivity (Wildman–Crippen MR) is 96.2 cm³/mol. The molecule has 0 aromatic carbocycles. The third-order valence-electron chi connectivity index (χ3n) is 3.89. The van der Waals surface area contributed by atoms with Crippen molar-refractivity contribution >= 4 is 22.2 Å². The van der Waals surface area contributed by atoms with Crippen molar-refractivity contribution in [3.8, 4) is 0 Å². The number of nitrogens with zero attached hydrogens (tertiary/aromatic N) is 1. The minimum absolute atomic E-state index is 0.0388. The van der Waals surface area contributed by atoms with Gasteiger partial charge in [-0.3, -0.25) is 9.08 Å². The SMILES string of the molecule is CCCCCCS(=O)(=O)O[C@@H]1C[C@@H](C(=O)OC)N(C(=O)OC(C)(C)C)C1. The van der Waals surface area contributed by atoms with Crippen LogP contribution in [0.15, 0.2) is 0 Å². The molecular weight excluding hydrogens is 362 g/mol. The molecule has 1 aliphatic heterocycles. The van der Waals surface area contributed by atoms with E-state index in [-0.39, 0.29) is 18.7 Å². The van der Waals surface area contributed by atoms with Gasteiger partial charge < -0.3 is 9.47 Å². The van der Waals surface area contributed by atoms with Crippen LogP contribution in [0.1, 0.15) is 59.8 Å². The first kappa shape index (κ1) is 22.7. The van der Waals surface area contributed by atoms with Gasteiger partial charge in [0.05, 0.1) is 25.5 Å². The van der Waals surface area contributed by atoms with Gasteiger partial charge in [-0.25, -0.2) is 9.59 Å². The topological polar surface area (TPSA) is 99.2 Å². The Kier molecular flexibility index (Phi) is 8.33. The van der Waals surface area contributed by atoms with Crippen LogP contribution in [0.4, 0.5) is 4.79 Å². The lowest BCUT2D eigenvalue weighted by molar-refractivity contribution is -0.145. The molecule has 0 aromatic heterocycles. The second kappa shape index (κ2) is 9.55. The molecule has 0 aromatic rings. The van der Waals surface area contributed by atoms with E-state index in [0.29, 0.717) is 6.42 Å². The van der Waals surface area contributed by atoms with E-state index in [4.69, 9.17) is 13.7 Å². The number of esters is 1. The van der Waals surface area contributed by atoms with Gasteiger partial charge in [0, 0.05) is 6.42 Å². The zero-order chi connectivity index (χ0) is 20.0. The molecule has 0 N–H and O–H groups in total. The average Bonchev–Trinajstić information content (AvgIpc) is 2.92. The first-order chi connectivity index (χ1) is 12.0. The van der Waals surface area contributed by atoms with E-state index < -0.39 is 39.9 Å². The fraction of sp³-hybridized carbons (Fsp3) is 0.882. The van der Waals surface area contributed by atoms with Crippen molar-refractivity contribution < 1.29 is 31.7 Å². The van der Waals surface area contributed by atoms with Gasteiger partial charge >= 0.3 is 12.1 Å². The molecule has 0 radical (unpaired) electrons. The summed E-state index contributed by atoms with van der Waals surface area (Å²) in [6, 6.07) is -0.921. The maximum absolute atomic E-state index is 12.3. The number of unbranched alkanes of at least 4 members (excludes halogenated alkanes) is 3. The minimum atomic E-state index is -3.72. The lowest BCUT2D eigenvalue weighted by Crippen LogP contribution is -2.44. The van der Waals surface area contributed by atoms with Crippen molar-refractivity contribution in [2.45, 2.75) is 77.5 Å². The Morgan fingerprint density at radius 2 is 1.81 bits per heavy atom. The number of likely N-dealkylation sites (tertiary alicyclic amines) is 1. The Balaban J connectivity index is 2.74. The van der Waals surface area contributed by atoms with Crippen LogP contribution < -0.4 is 0 Å². The number of ether oxygens (including phenoxy) is 2. The van der Waals surface area contributed by atoms with Crippen molar-refractivity contribution in [2.24, 2.45) is 0 Å². The van der Waals surface area contributed by atoms with Crippen LogP contribution in [-0.2, 0) is 28.6 Å².